The molecule has 4 rings (SSSR count). The second-order valence-electron chi connectivity index (χ2n) is 7.25. The van der Waals surface area contributed by atoms with Gasteiger partial charge in [-0.25, -0.2) is 5.43 Å². The highest BCUT2D eigenvalue weighted by molar-refractivity contribution is 7.99. The molecular formula is C24H22N6O2S. The molecule has 4 aromatic rings. The maximum Gasteiger partial charge on any atom is 0.250 e. The van der Waals surface area contributed by atoms with E-state index in [0.29, 0.717) is 22.3 Å². The summed E-state index contributed by atoms with van der Waals surface area (Å²) < 4.78 is 1.92. The Bertz CT molecular complexity index is 1290. The van der Waals surface area contributed by atoms with E-state index in [9.17, 15) is 9.90 Å². The van der Waals surface area contributed by atoms with Crippen LogP contribution in [0.3, 0.4) is 0 Å². The van der Waals surface area contributed by atoms with Crippen molar-refractivity contribution in [2.24, 2.45) is 5.10 Å². The fourth-order valence-corrected chi connectivity index (χ4v) is 3.87. The van der Waals surface area contributed by atoms with E-state index in [1.165, 1.54) is 11.8 Å². The number of amides is 1. The van der Waals surface area contributed by atoms with Crippen molar-refractivity contribution in [3.8, 4) is 22.8 Å². The third kappa shape index (κ3) is 5.27. The van der Waals surface area contributed by atoms with Gasteiger partial charge in [-0.2, -0.15) is 5.10 Å². The fraction of sp³-hybridized carbons (Fsp3) is 0.125. The minimum absolute atomic E-state index is 0.0951. The summed E-state index contributed by atoms with van der Waals surface area (Å²) in [7, 11) is 0. The summed E-state index contributed by atoms with van der Waals surface area (Å²) >= 11 is 1.26. The maximum atomic E-state index is 12.4. The third-order valence-electron chi connectivity index (χ3n) is 4.84. The number of benzene rings is 2. The van der Waals surface area contributed by atoms with Crippen LogP contribution in [0.5, 0.6) is 5.75 Å². The van der Waals surface area contributed by atoms with Gasteiger partial charge >= 0.3 is 0 Å². The summed E-state index contributed by atoms with van der Waals surface area (Å²) in [6, 6.07) is 18.6. The minimum atomic E-state index is -0.293. The lowest BCUT2D eigenvalue weighted by Crippen LogP contribution is -2.21. The number of carbonyl (C=O) groups is 1. The summed E-state index contributed by atoms with van der Waals surface area (Å²) in [5, 5.41) is 23.3. The van der Waals surface area contributed by atoms with Gasteiger partial charge in [0.25, 0.3) is 5.91 Å². The Morgan fingerprint density at radius 1 is 1.06 bits per heavy atom. The Labute approximate surface area is 195 Å². The summed E-state index contributed by atoms with van der Waals surface area (Å²) in [6.45, 7) is 3.74. The Kier molecular flexibility index (Phi) is 6.80. The molecule has 0 radical (unpaired) electrons. The van der Waals surface area contributed by atoms with Crippen LogP contribution in [0, 0.1) is 6.92 Å². The van der Waals surface area contributed by atoms with Crippen molar-refractivity contribution in [1.29, 1.82) is 0 Å². The molecule has 0 atom stereocenters. The molecule has 9 heteroatoms. The first-order valence-electron chi connectivity index (χ1n) is 10.2. The van der Waals surface area contributed by atoms with E-state index in [1.54, 1.807) is 43.6 Å². The lowest BCUT2D eigenvalue weighted by atomic mass is 10.1. The van der Waals surface area contributed by atoms with Crippen LogP contribution >= 0.6 is 11.8 Å². The number of hydrazone groups is 1. The summed E-state index contributed by atoms with van der Waals surface area (Å²) in [5.41, 5.74) is 6.52. The first kappa shape index (κ1) is 22.2. The monoisotopic (exact) mass is 458 g/mol. The van der Waals surface area contributed by atoms with Gasteiger partial charge in [-0.1, -0.05) is 41.6 Å². The first-order chi connectivity index (χ1) is 16.0. The quantitative estimate of drug-likeness (QED) is 0.247. The summed E-state index contributed by atoms with van der Waals surface area (Å²) in [4.78, 5) is 16.5. The highest BCUT2D eigenvalue weighted by Gasteiger charge is 2.17. The number of thioether (sulfide) groups is 1. The predicted molar refractivity (Wildman–Crippen MR) is 129 cm³/mol. The van der Waals surface area contributed by atoms with Gasteiger partial charge in [-0.05, 0) is 50.2 Å². The topological polar surface area (TPSA) is 105 Å². The molecule has 0 saturated heterocycles. The van der Waals surface area contributed by atoms with Crippen LogP contribution in [0.1, 0.15) is 18.1 Å². The molecule has 2 N–H and O–H groups in total. The average molecular weight is 459 g/mol. The van der Waals surface area contributed by atoms with E-state index in [1.807, 2.05) is 47.9 Å². The van der Waals surface area contributed by atoms with Crippen LogP contribution in [-0.4, -0.2) is 42.2 Å². The number of phenolic OH excluding ortho intramolecular Hbond substituents is 1. The molecule has 166 valence electrons. The van der Waals surface area contributed by atoms with E-state index < -0.39 is 0 Å². The summed E-state index contributed by atoms with van der Waals surface area (Å²) in [6.07, 6.45) is 3.41. The Balaban J connectivity index is 1.53. The number of rotatable bonds is 7. The molecule has 2 aromatic carbocycles. The fourth-order valence-electron chi connectivity index (χ4n) is 3.13. The number of nitrogens with zero attached hydrogens (tertiary/aromatic N) is 5. The molecule has 0 aliphatic carbocycles. The first-order valence-corrected chi connectivity index (χ1v) is 11.2. The van der Waals surface area contributed by atoms with E-state index in [2.05, 4.69) is 25.7 Å². The van der Waals surface area contributed by atoms with E-state index in [-0.39, 0.29) is 17.4 Å². The number of phenols is 1. The molecular weight excluding hydrogens is 436 g/mol. The smallest absolute Gasteiger partial charge is 0.250 e. The molecule has 8 nitrogen and oxygen atoms in total. The molecule has 0 spiro atoms. The number of carbonyl (C=O) groups excluding carboxylic acids is 1. The van der Waals surface area contributed by atoms with Gasteiger partial charge in [0, 0.05) is 29.2 Å². The number of aromatic nitrogens is 4. The number of aromatic hydroxyl groups is 1. The molecule has 0 saturated carbocycles. The molecule has 0 aliphatic heterocycles. The van der Waals surface area contributed by atoms with E-state index in [0.717, 1.165) is 16.8 Å². The number of nitrogens with one attached hydrogen (secondary N) is 1. The van der Waals surface area contributed by atoms with Gasteiger partial charge in [0.1, 0.15) is 5.75 Å². The predicted octanol–water partition coefficient (Wildman–Crippen LogP) is 3.98. The average Bonchev–Trinajstić information content (AvgIpc) is 3.26. The lowest BCUT2D eigenvalue weighted by molar-refractivity contribution is -0.118. The van der Waals surface area contributed by atoms with Crippen LogP contribution in [0.4, 0.5) is 0 Å². The normalized spacial score (nSPS) is 11.4. The number of hydrogen-bond donors (Lipinski definition) is 2. The van der Waals surface area contributed by atoms with Crippen LogP contribution in [0.25, 0.3) is 17.1 Å². The molecule has 1 amide bonds. The van der Waals surface area contributed by atoms with Crippen molar-refractivity contribution < 1.29 is 9.90 Å². The van der Waals surface area contributed by atoms with Crippen molar-refractivity contribution >= 4 is 23.4 Å². The van der Waals surface area contributed by atoms with Crippen LogP contribution in [-0.2, 0) is 4.79 Å². The molecule has 2 aromatic heterocycles. The SMILES string of the molecule is C/C(=N/NC(=O)CSc1nnc(-c2ccncc2)n1-c1ccc(C)cc1)c1ccccc1O. The lowest BCUT2D eigenvalue weighted by Gasteiger charge is -2.10. The van der Waals surface area contributed by atoms with Crippen molar-refractivity contribution in [1.82, 2.24) is 25.2 Å². The van der Waals surface area contributed by atoms with Crippen molar-refractivity contribution in [3.05, 3.63) is 84.2 Å². The Morgan fingerprint density at radius 3 is 2.52 bits per heavy atom. The zero-order valence-corrected chi connectivity index (χ0v) is 19.0. The van der Waals surface area contributed by atoms with Gasteiger partial charge in [0.15, 0.2) is 11.0 Å². The van der Waals surface area contributed by atoms with Crippen molar-refractivity contribution in [2.45, 2.75) is 19.0 Å². The number of para-hydroxylation sites is 1. The van der Waals surface area contributed by atoms with Crippen molar-refractivity contribution in [2.75, 3.05) is 5.75 Å². The minimum Gasteiger partial charge on any atom is -0.507 e. The number of aryl methyl sites for hydroxylation is 1. The second-order valence-corrected chi connectivity index (χ2v) is 8.19. The Hall–Kier alpha value is -3.98. The third-order valence-corrected chi connectivity index (χ3v) is 5.77. The van der Waals surface area contributed by atoms with Gasteiger partial charge in [0.2, 0.25) is 0 Å². The zero-order chi connectivity index (χ0) is 23.2. The van der Waals surface area contributed by atoms with E-state index >= 15 is 0 Å². The maximum absolute atomic E-state index is 12.4. The van der Waals surface area contributed by atoms with Crippen LogP contribution < -0.4 is 5.43 Å². The molecule has 0 fully saturated rings. The molecule has 0 bridgehead atoms. The van der Waals surface area contributed by atoms with Crippen LogP contribution in [0.2, 0.25) is 0 Å². The highest BCUT2D eigenvalue weighted by atomic mass is 32.2. The van der Waals surface area contributed by atoms with Gasteiger partial charge < -0.3 is 5.11 Å². The van der Waals surface area contributed by atoms with Crippen molar-refractivity contribution in [3.63, 3.8) is 0 Å². The van der Waals surface area contributed by atoms with Gasteiger partial charge in [-0.15, -0.1) is 10.2 Å². The summed E-state index contributed by atoms with van der Waals surface area (Å²) in [5.74, 6) is 0.575. The number of hydrogen-bond acceptors (Lipinski definition) is 7. The largest absolute Gasteiger partial charge is 0.507 e. The van der Waals surface area contributed by atoms with E-state index in [4.69, 9.17) is 0 Å². The molecule has 2 heterocycles. The van der Waals surface area contributed by atoms with Gasteiger partial charge in [-0.3, -0.25) is 14.3 Å². The van der Waals surface area contributed by atoms with Gasteiger partial charge in [0.05, 0.1) is 11.5 Å². The highest BCUT2D eigenvalue weighted by Crippen LogP contribution is 2.27. The van der Waals surface area contributed by atoms with Crippen LogP contribution in [0.15, 0.2) is 83.3 Å². The number of pyridine rings is 1. The second kappa shape index (κ2) is 10.1. The Morgan fingerprint density at radius 2 is 1.79 bits per heavy atom. The molecule has 0 aliphatic rings. The standard InChI is InChI=1S/C24H22N6O2S/c1-16-7-9-19(10-8-16)30-23(18-11-13-25-14-12-18)28-29-24(30)33-15-22(32)27-26-17(2)20-5-3-4-6-21(20)31/h3-14,31H,15H2,1-2H3,(H,27,32)/b26-17-. The molecule has 33 heavy (non-hydrogen) atoms. The zero-order valence-electron chi connectivity index (χ0n) is 18.1. The molecule has 0 unspecified atom stereocenters.